The van der Waals surface area contributed by atoms with Gasteiger partial charge in [-0.3, -0.25) is 0 Å². The van der Waals surface area contributed by atoms with Crippen molar-refractivity contribution in [3.8, 4) is 0 Å². The van der Waals surface area contributed by atoms with Crippen molar-refractivity contribution in [1.82, 2.24) is 0 Å². The topological polar surface area (TPSA) is 9.72 Å². The Hall–Kier alpha value is -5.22. The van der Waals surface area contributed by atoms with Crippen molar-refractivity contribution in [2.24, 2.45) is 5.41 Å². The first kappa shape index (κ1) is 30.6. The molecule has 10 rings (SSSR count). The third-order valence-corrected chi connectivity index (χ3v) is 13.6. The summed E-state index contributed by atoms with van der Waals surface area (Å²) in [6, 6.07) is 54.5. The summed E-state index contributed by atoms with van der Waals surface area (Å²) in [5.41, 5.74) is 15.5. The fraction of sp³-hybridized carbons (Fsp3) is 0.234. The van der Waals surface area contributed by atoms with E-state index in [0.717, 1.165) is 6.42 Å². The van der Waals surface area contributed by atoms with Gasteiger partial charge in [-0.2, -0.15) is 0 Å². The summed E-state index contributed by atoms with van der Waals surface area (Å²) < 4.78 is 0. The molecule has 0 N–H and O–H groups in total. The van der Waals surface area contributed by atoms with E-state index in [4.69, 9.17) is 0 Å². The van der Waals surface area contributed by atoms with E-state index in [0.29, 0.717) is 0 Å². The van der Waals surface area contributed by atoms with Crippen molar-refractivity contribution in [1.29, 1.82) is 0 Å². The molecule has 4 heteroatoms. The molecule has 0 bridgehead atoms. The second-order valence-corrected chi connectivity index (χ2v) is 16.1. The summed E-state index contributed by atoms with van der Waals surface area (Å²) in [4.78, 5) is 7.85. The molecule has 0 radical (unpaired) electrons. The third-order valence-electron chi connectivity index (χ3n) is 13.6. The van der Waals surface area contributed by atoms with Gasteiger partial charge in [-0.05, 0) is 102 Å². The monoisotopic (exact) mass is 661 g/mol. The van der Waals surface area contributed by atoms with Crippen molar-refractivity contribution in [2.45, 2.75) is 64.3 Å². The van der Waals surface area contributed by atoms with E-state index >= 15 is 0 Å². The molecular formula is C47H44BN3. The van der Waals surface area contributed by atoms with E-state index < -0.39 is 0 Å². The average molecular weight is 662 g/mol. The van der Waals surface area contributed by atoms with E-state index in [-0.39, 0.29) is 23.1 Å². The van der Waals surface area contributed by atoms with E-state index in [2.05, 4.69) is 188 Å². The van der Waals surface area contributed by atoms with Crippen LogP contribution in [0.4, 0.5) is 45.5 Å². The molecule has 0 amide bonds. The lowest BCUT2D eigenvalue weighted by atomic mass is 9.33. The Morgan fingerprint density at radius 2 is 0.941 bits per heavy atom. The highest BCUT2D eigenvalue weighted by atomic mass is 15.3. The summed E-state index contributed by atoms with van der Waals surface area (Å²) in [6.45, 7) is 10.3. The second-order valence-electron chi connectivity index (χ2n) is 16.1. The SMILES string of the molecule is CC1(C)c2ccccc2N(c2cc3c4c(c2)N(c2ccccc2)c2ccccc2B4c2ccccc2N3c2ccccc2)C2(C)CCCCC12C. The molecule has 3 nitrogen and oxygen atoms in total. The molecule has 6 aromatic carbocycles. The van der Waals surface area contributed by atoms with Gasteiger partial charge in [-0.1, -0.05) is 125 Å². The van der Waals surface area contributed by atoms with Crippen LogP contribution >= 0.6 is 0 Å². The van der Waals surface area contributed by atoms with Crippen LogP contribution in [0.2, 0.25) is 0 Å². The minimum absolute atomic E-state index is 0.0207. The van der Waals surface area contributed by atoms with Crippen molar-refractivity contribution in [2.75, 3.05) is 14.7 Å². The molecule has 6 aromatic rings. The minimum atomic E-state index is -0.0856. The highest BCUT2D eigenvalue weighted by molar-refractivity contribution is 7.00. The van der Waals surface area contributed by atoms with E-state index in [9.17, 15) is 0 Å². The Morgan fingerprint density at radius 3 is 1.51 bits per heavy atom. The maximum Gasteiger partial charge on any atom is 0.252 e. The Morgan fingerprint density at radius 1 is 0.471 bits per heavy atom. The van der Waals surface area contributed by atoms with Crippen molar-refractivity contribution < 1.29 is 0 Å². The molecule has 2 unspecified atom stereocenters. The molecular weight excluding hydrogens is 617 g/mol. The summed E-state index contributed by atoms with van der Waals surface area (Å²) in [6.07, 6.45) is 4.90. The van der Waals surface area contributed by atoms with Gasteiger partial charge in [0.1, 0.15) is 0 Å². The molecule has 250 valence electrons. The first-order chi connectivity index (χ1) is 24.8. The predicted molar refractivity (Wildman–Crippen MR) is 217 cm³/mol. The number of rotatable bonds is 3. The molecule has 4 aliphatic rings. The van der Waals surface area contributed by atoms with Crippen LogP contribution in [0.1, 0.15) is 58.9 Å². The van der Waals surface area contributed by atoms with Crippen LogP contribution in [0.15, 0.2) is 146 Å². The lowest BCUT2D eigenvalue weighted by molar-refractivity contribution is 0.0106. The Balaban J connectivity index is 1.34. The minimum Gasteiger partial charge on any atom is -0.335 e. The maximum atomic E-state index is 2.78. The quantitative estimate of drug-likeness (QED) is 0.175. The van der Waals surface area contributed by atoms with Crippen molar-refractivity contribution in [3.63, 3.8) is 0 Å². The highest BCUT2D eigenvalue weighted by Gasteiger charge is 2.62. The van der Waals surface area contributed by atoms with Gasteiger partial charge in [-0.15, -0.1) is 0 Å². The number of nitrogens with zero attached hydrogens (tertiary/aromatic N) is 3. The number of fused-ring (bicyclic) bond motifs is 6. The van der Waals surface area contributed by atoms with Gasteiger partial charge in [0.2, 0.25) is 0 Å². The zero-order valence-corrected chi connectivity index (χ0v) is 30.1. The fourth-order valence-electron chi connectivity index (χ4n) is 10.7. The number of para-hydroxylation sites is 5. The van der Waals surface area contributed by atoms with Crippen LogP contribution in [0, 0.1) is 5.41 Å². The van der Waals surface area contributed by atoms with Gasteiger partial charge < -0.3 is 14.7 Å². The molecule has 1 saturated carbocycles. The molecule has 51 heavy (non-hydrogen) atoms. The zero-order chi connectivity index (χ0) is 34.5. The number of anilines is 8. The second kappa shape index (κ2) is 10.9. The number of benzene rings is 6. The van der Waals surface area contributed by atoms with Gasteiger partial charge in [0.05, 0.1) is 0 Å². The first-order valence-corrected chi connectivity index (χ1v) is 18.8. The smallest absolute Gasteiger partial charge is 0.252 e. The third kappa shape index (κ3) is 4.02. The van der Waals surface area contributed by atoms with Gasteiger partial charge in [-0.25, -0.2) is 0 Å². The molecule has 0 saturated heterocycles. The average Bonchev–Trinajstić information content (AvgIpc) is 3.16. The molecule has 3 aliphatic heterocycles. The van der Waals surface area contributed by atoms with Crippen LogP contribution in [-0.4, -0.2) is 12.3 Å². The number of hydrogen-bond donors (Lipinski definition) is 0. The molecule has 1 aliphatic carbocycles. The van der Waals surface area contributed by atoms with Crippen molar-refractivity contribution in [3.05, 3.63) is 151 Å². The van der Waals surface area contributed by atoms with Crippen LogP contribution in [0.3, 0.4) is 0 Å². The van der Waals surface area contributed by atoms with Crippen molar-refractivity contribution >= 4 is 68.6 Å². The van der Waals surface area contributed by atoms with Crippen LogP contribution in [-0.2, 0) is 5.41 Å². The summed E-state index contributed by atoms with van der Waals surface area (Å²) in [7, 11) is 0. The molecule has 1 fully saturated rings. The largest absolute Gasteiger partial charge is 0.335 e. The highest BCUT2D eigenvalue weighted by Crippen LogP contribution is 2.65. The molecule has 2 atom stereocenters. The van der Waals surface area contributed by atoms with Gasteiger partial charge in [0.15, 0.2) is 0 Å². The molecule has 3 heterocycles. The Kier molecular flexibility index (Phi) is 6.53. The van der Waals surface area contributed by atoms with E-state index in [1.54, 1.807) is 0 Å². The standard InChI is InChI=1S/C47H44BN3/c1-45(2)36-23-11-14-26-39(36)51(47(4)30-18-17-29-46(45,47)3)35-31-42-44-43(32-35)50(34-21-9-6-10-22-34)41-28-16-13-25-38(41)48(44)37-24-12-15-27-40(37)49(42)33-19-7-5-8-20-33/h5-16,19-28,31-32H,17-18,29-30H2,1-4H3. The summed E-state index contributed by atoms with van der Waals surface area (Å²) in [5, 5.41) is 0. The Bertz CT molecular complexity index is 2200. The van der Waals surface area contributed by atoms with Crippen LogP contribution < -0.4 is 31.1 Å². The van der Waals surface area contributed by atoms with Gasteiger partial charge >= 0.3 is 0 Å². The summed E-state index contributed by atoms with van der Waals surface area (Å²) in [5.74, 6) is 0. The Labute approximate surface area is 303 Å². The van der Waals surface area contributed by atoms with Crippen LogP contribution in [0.5, 0.6) is 0 Å². The predicted octanol–water partition coefficient (Wildman–Crippen LogP) is 10.5. The molecule has 0 aromatic heterocycles. The zero-order valence-electron chi connectivity index (χ0n) is 30.1. The van der Waals surface area contributed by atoms with Crippen LogP contribution in [0.25, 0.3) is 0 Å². The summed E-state index contributed by atoms with van der Waals surface area (Å²) >= 11 is 0. The first-order valence-electron chi connectivity index (χ1n) is 18.8. The van der Waals surface area contributed by atoms with E-state index in [1.165, 1.54) is 86.7 Å². The maximum absolute atomic E-state index is 2.78. The lowest BCUT2D eigenvalue weighted by Crippen LogP contribution is -2.67. The molecule has 0 spiro atoms. The lowest BCUT2D eigenvalue weighted by Gasteiger charge is -2.66. The van der Waals surface area contributed by atoms with Gasteiger partial charge in [0.25, 0.3) is 6.71 Å². The van der Waals surface area contributed by atoms with E-state index in [1.807, 2.05) is 0 Å². The fourth-order valence-corrected chi connectivity index (χ4v) is 10.7. The normalized spacial score (nSPS) is 22.4. The van der Waals surface area contributed by atoms with Gasteiger partial charge in [0, 0.05) is 56.5 Å². The number of hydrogen-bond acceptors (Lipinski definition) is 3.